The molecule has 0 saturated carbocycles. The van der Waals surface area contributed by atoms with Crippen molar-refractivity contribution < 1.29 is 8.78 Å². The van der Waals surface area contributed by atoms with Crippen LogP contribution in [-0.4, -0.2) is 15.0 Å². The van der Waals surface area contributed by atoms with Crippen LogP contribution < -0.4 is 5.32 Å². The molecule has 4 nitrogen and oxygen atoms in total. The number of nitrogens with zero attached hydrogens (tertiary/aromatic N) is 3. The van der Waals surface area contributed by atoms with Gasteiger partial charge in [0.25, 0.3) is 0 Å². The molecule has 1 N–H and O–H groups in total. The summed E-state index contributed by atoms with van der Waals surface area (Å²) in [7, 11) is 0. The van der Waals surface area contributed by atoms with Crippen molar-refractivity contribution in [2.45, 2.75) is 0 Å². The third-order valence-corrected chi connectivity index (χ3v) is 4.39. The zero-order valence-electron chi connectivity index (χ0n) is 13.2. The normalized spacial score (nSPS) is 10.9. The Morgan fingerprint density at radius 3 is 2.58 bits per heavy atom. The van der Waals surface area contributed by atoms with E-state index in [9.17, 15) is 8.78 Å². The van der Waals surface area contributed by atoms with Crippen molar-refractivity contribution in [3.8, 4) is 11.4 Å². The topological polar surface area (TPSA) is 50.7 Å². The summed E-state index contributed by atoms with van der Waals surface area (Å²) in [4.78, 5) is 13.1. The van der Waals surface area contributed by atoms with Gasteiger partial charge in [-0.2, -0.15) is 0 Å². The third-order valence-electron chi connectivity index (χ3n) is 3.79. The molecule has 2 aromatic heterocycles. The van der Waals surface area contributed by atoms with Crippen LogP contribution in [0.3, 0.4) is 0 Å². The second-order valence-corrected chi connectivity index (χ2v) is 6.38. The highest BCUT2D eigenvalue weighted by Gasteiger charge is 2.13. The van der Waals surface area contributed by atoms with Crippen molar-refractivity contribution in [1.82, 2.24) is 15.0 Å². The molecule has 0 amide bonds. The van der Waals surface area contributed by atoms with E-state index in [0.717, 1.165) is 17.7 Å². The van der Waals surface area contributed by atoms with Crippen LogP contribution in [0.5, 0.6) is 0 Å². The average Bonchev–Trinajstić information content (AvgIpc) is 2.66. The zero-order valence-corrected chi connectivity index (χ0v) is 14.8. The second-order valence-electron chi connectivity index (χ2n) is 5.53. The van der Waals surface area contributed by atoms with Gasteiger partial charge in [-0.05, 0) is 46.3 Å². The highest BCUT2D eigenvalue weighted by Crippen LogP contribution is 2.30. The van der Waals surface area contributed by atoms with Crippen molar-refractivity contribution in [3.05, 3.63) is 77.0 Å². The molecule has 0 spiro atoms. The summed E-state index contributed by atoms with van der Waals surface area (Å²) in [5.41, 5.74) is 1.40. The maximum absolute atomic E-state index is 14.2. The summed E-state index contributed by atoms with van der Waals surface area (Å²) >= 11 is 2.97. The molecular weight excluding hydrogens is 402 g/mol. The fourth-order valence-corrected chi connectivity index (χ4v) is 2.86. The van der Waals surface area contributed by atoms with Crippen LogP contribution in [0.1, 0.15) is 0 Å². The molecule has 0 aliphatic rings. The number of fused-ring (bicyclic) bond motifs is 1. The lowest BCUT2D eigenvalue weighted by Gasteiger charge is -2.12. The van der Waals surface area contributed by atoms with Gasteiger partial charge in [-0.25, -0.2) is 18.7 Å². The summed E-state index contributed by atoms with van der Waals surface area (Å²) in [6.45, 7) is 0. The highest BCUT2D eigenvalue weighted by molar-refractivity contribution is 9.10. The molecule has 0 fully saturated rings. The summed E-state index contributed by atoms with van der Waals surface area (Å²) in [6.07, 6.45) is 3.30. The molecule has 128 valence electrons. The number of para-hydroxylation sites is 1. The minimum atomic E-state index is -0.594. The number of nitrogens with one attached hydrogen (secondary N) is 1. The molecule has 4 rings (SSSR count). The Kier molecular flexibility index (Phi) is 4.30. The number of aromatic nitrogens is 3. The van der Waals surface area contributed by atoms with Crippen molar-refractivity contribution >= 4 is 38.3 Å². The molecule has 0 unspecified atom stereocenters. The van der Waals surface area contributed by atoms with Gasteiger partial charge >= 0.3 is 0 Å². The average molecular weight is 413 g/mol. The van der Waals surface area contributed by atoms with Gasteiger partial charge in [0.2, 0.25) is 0 Å². The fourth-order valence-electron chi connectivity index (χ4n) is 2.54. The van der Waals surface area contributed by atoms with E-state index in [1.807, 2.05) is 30.3 Å². The SMILES string of the molecule is Fc1cc(Nc2nc(-c3cccnc3)nc3ccccc23)c(F)cc1Br. The minimum absolute atomic E-state index is 0.00769. The quantitative estimate of drug-likeness (QED) is 0.452. The Morgan fingerprint density at radius 2 is 1.77 bits per heavy atom. The lowest BCUT2D eigenvalue weighted by Crippen LogP contribution is -2.01. The van der Waals surface area contributed by atoms with Gasteiger partial charge in [-0.3, -0.25) is 4.98 Å². The number of halogens is 3. The molecule has 0 aliphatic heterocycles. The Hall–Kier alpha value is -2.93. The highest BCUT2D eigenvalue weighted by atomic mass is 79.9. The Bertz CT molecular complexity index is 1100. The van der Waals surface area contributed by atoms with Crippen molar-refractivity contribution in [2.24, 2.45) is 0 Å². The molecule has 2 aromatic carbocycles. The van der Waals surface area contributed by atoms with Crippen molar-refractivity contribution in [2.75, 3.05) is 5.32 Å². The molecule has 2 heterocycles. The first kappa shape index (κ1) is 16.5. The lowest BCUT2D eigenvalue weighted by molar-refractivity contribution is 0.598. The van der Waals surface area contributed by atoms with Crippen LogP contribution in [0.15, 0.2) is 65.4 Å². The predicted molar refractivity (Wildman–Crippen MR) is 100 cm³/mol. The monoisotopic (exact) mass is 412 g/mol. The molecule has 0 bridgehead atoms. The van der Waals surface area contributed by atoms with Gasteiger partial charge in [-0.1, -0.05) is 12.1 Å². The summed E-state index contributed by atoms with van der Waals surface area (Å²) < 4.78 is 28.1. The van der Waals surface area contributed by atoms with E-state index in [-0.39, 0.29) is 10.2 Å². The van der Waals surface area contributed by atoms with Crippen LogP contribution in [0.2, 0.25) is 0 Å². The van der Waals surface area contributed by atoms with Crippen molar-refractivity contribution in [1.29, 1.82) is 0 Å². The zero-order chi connectivity index (χ0) is 18.1. The fraction of sp³-hybridized carbons (Fsp3) is 0. The summed E-state index contributed by atoms with van der Waals surface area (Å²) in [6, 6.07) is 13.1. The maximum Gasteiger partial charge on any atom is 0.163 e. The van der Waals surface area contributed by atoms with Crippen LogP contribution in [-0.2, 0) is 0 Å². The number of pyridine rings is 1. The number of hydrogen-bond acceptors (Lipinski definition) is 4. The first-order valence-electron chi connectivity index (χ1n) is 7.70. The van der Waals surface area contributed by atoms with Crippen LogP contribution in [0.4, 0.5) is 20.3 Å². The Balaban J connectivity index is 1.87. The van der Waals surface area contributed by atoms with Gasteiger partial charge in [0.05, 0.1) is 15.7 Å². The number of hydrogen-bond donors (Lipinski definition) is 1. The van der Waals surface area contributed by atoms with Gasteiger partial charge in [0, 0.05) is 29.4 Å². The molecule has 0 atom stereocenters. The van der Waals surface area contributed by atoms with Gasteiger partial charge in [0.1, 0.15) is 17.5 Å². The maximum atomic E-state index is 14.2. The van der Waals surface area contributed by atoms with E-state index >= 15 is 0 Å². The molecule has 0 radical (unpaired) electrons. The first-order valence-corrected chi connectivity index (χ1v) is 8.50. The van der Waals surface area contributed by atoms with E-state index < -0.39 is 11.6 Å². The molecule has 7 heteroatoms. The van der Waals surface area contributed by atoms with E-state index in [4.69, 9.17) is 0 Å². The van der Waals surface area contributed by atoms with Gasteiger partial charge in [-0.15, -0.1) is 0 Å². The van der Waals surface area contributed by atoms with E-state index in [1.54, 1.807) is 18.5 Å². The summed E-state index contributed by atoms with van der Waals surface area (Å²) in [5.74, 6) is -0.337. The molecule has 4 aromatic rings. The summed E-state index contributed by atoms with van der Waals surface area (Å²) in [5, 5.41) is 3.58. The van der Waals surface area contributed by atoms with E-state index in [0.29, 0.717) is 22.5 Å². The number of rotatable bonds is 3. The molecule has 0 saturated heterocycles. The van der Waals surface area contributed by atoms with Gasteiger partial charge < -0.3 is 5.32 Å². The Morgan fingerprint density at radius 1 is 0.923 bits per heavy atom. The largest absolute Gasteiger partial charge is 0.337 e. The Labute approximate surface area is 156 Å². The number of anilines is 2. The van der Waals surface area contributed by atoms with Crippen molar-refractivity contribution in [3.63, 3.8) is 0 Å². The second kappa shape index (κ2) is 6.76. The van der Waals surface area contributed by atoms with E-state index in [1.165, 1.54) is 0 Å². The first-order chi connectivity index (χ1) is 12.6. The minimum Gasteiger partial charge on any atom is -0.337 e. The van der Waals surface area contributed by atoms with E-state index in [2.05, 4.69) is 36.2 Å². The standard InChI is InChI=1S/C19H11BrF2N4/c20-13-8-15(22)17(9-14(13)21)25-19-12-5-1-2-6-16(12)24-18(26-19)11-4-3-7-23-10-11/h1-10H,(H,24,25,26). The molecule has 0 aliphatic carbocycles. The lowest BCUT2D eigenvalue weighted by atomic mass is 10.2. The predicted octanol–water partition coefficient (Wildman–Crippen LogP) is 5.48. The van der Waals surface area contributed by atoms with Gasteiger partial charge in [0.15, 0.2) is 5.82 Å². The van der Waals surface area contributed by atoms with Crippen LogP contribution >= 0.6 is 15.9 Å². The van der Waals surface area contributed by atoms with Crippen LogP contribution in [0.25, 0.3) is 22.3 Å². The number of benzene rings is 2. The molecule has 26 heavy (non-hydrogen) atoms. The smallest absolute Gasteiger partial charge is 0.163 e. The van der Waals surface area contributed by atoms with Crippen LogP contribution in [0, 0.1) is 11.6 Å². The molecular formula is C19H11BrF2N4. The third kappa shape index (κ3) is 3.13.